The molecule has 1 aliphatic carbocycles. The van der Waals surface area contributed by atoms with Crippen molar-refractivity contribution >= 4 is 0 Å². The van der Waals surface area contributed by atoms with E-state index in [2.05, 4.69) is 9.97 Å². The minimum Gasteiger partial charge on any atom is -0.496 e. The molecule has 0 bridgehead atoms. The molecule has 0 unspecified atom stereocenters. The molecule has 1 aliphatic rings. The third-order valence-electron chi connectivity index (χ3n) is 3.79. The van der Waals surface area contributed by atoms with E-state index >= 15 is 0 Å². The molecule has 1 aromatic heterocycles. The van der Waals surface area contributed by atoms with E-state index in [1.165, 1.54) is 0 Å². The molecule has 4 heteroatoms. The third kappa shape index (κ3) is 2.46. The summed E-state index contributed by atoms with van der Waals surface area (Å²) in [5, 5.41) is 0. The maximum Gasteiger partial charge on any atom is 0.254 e. The molecule has 0 saturated heterocycles. The van der Waals surface area contributed by atoms with Gasteiger partial charge in [-0.2, -0.15) is 0 Å². The zero-order valence-corrected chi connectivity index (χ0v) is 11.6. The fraction of sp³-hybridized carbons (Fsp3) is 0.375. The van der Waals surface area contributed by atoms with Gasteiger partial charge in [0.15, 0.2) is 0 Å². The number of aromatic amines is 1. The SMILES string of the molecule is COc1ccccc1Cc1nc2c(c(=O)[nH]1)CCCC2. The Morgan fingerprint density at radius 1 is 1.25 bits per heavy atom. The zero-order valence-electron chi connectivity index (χ0n) is 11.6. The Bertz CT molecular complexity index is 676. The van der Waals surface area contributed by atoms with Crippen molar-refractivity contribution in [2.45, 2.75) is 32.1 Å². The molecule has 0 spiro atoms. The van der Waals surface area contributed by atoms with Crippen LogP contribution in [-0.4, -0.2) is 17.1 Å². The molecule has 0 atom stereocenters. The minimum absolute atomic E-state index is 0.0274. The van der Waals surface area contributed by atoms with Crippen LogP contribution < -0.4 is 10.3 Å². The van der Waals surface area contributed by atoms with E-state index in [-0.39, 0.29) is 5.56 Å². The summed E-state index contributed by atoms with van der Waals surface area (Å²) in [5.41, 5.74) is 2.92. The highest BCUT2D eigenvalue weighted by Gasteiger charge is 2.16. The van der Waals surface area contributed by atoms with Crippen molar-refractivity contribution in [3.8, 4) is 5.75 Å². The van der Waals surface area contributed by atoms with Crippen LogP contribution in [-0.2, 0) is 19.3 Å². The number of aryl methyl sites for hydroxylation is 1. The van der Waals surface area contributed by atoms with Gasteiger partial charge < -0.3 is 9.72 Å². The Balaban J connectivity index is 1.95. The van der Waals surface area contributed by atoms with Crippen LogP contribution in [0.1, 0.15) is 35.5 Å². The summed E-state index contributed by atoms with van der Waals surface area (Å²) < 4.78 is 5.34. The van der Waals surface area contributed by atoms with E-state index < -0.39 is 0 Å². The average Bonchev–Trinajstić information content (AvgIpc) is 2.48. The highest BCUT2D eigenvalue weighted by atomic mass is 16.5. The number of nitrogens with zero attached hydrogens (tertiary/aromatic N) is 1. The van der Waals surface area contributed by atoms with Crippen LogP contribution in [0.25, 0.3) is 0 Å². The fourth-order valence-electron chi connectivity index (χ4n) is 2.77. The van der Waals surface area contributed by atoms with E-state index in [1.54, 1.807) is 7.11 Å². The Morgan fingerprint density at radius 2 is 2.05 bits per heavy atom. The van der Waals surface area contributed by atoms with Gasteiger partial charge in [-0.05, 0) is 31.7 Å². The predicted molar refractivity (Wildman–Crippen MR) is 77.3 cm³/mol. The largest absolute Gasteiger partial charge is 0.496 e. The van der Waals surface area contributed by atoms with Gasteiger partial charge in [-0.25, -0.2) is 4.98 Å². The number of para-hydroxylation sites is 1. The number of methoxy groups -OCH3 is 1. The smallest absolute Gasteiger partial charge is 0.254 e. The number of hydrogen-bond acceptors (Lipinski definition) is 3. The van der Waals surface area contributed by atoms with Gasteiger partial charge in [-0.15, -0.1) is 0 Å². The molecular weight excluding hydrogens is 252 g/mol. The molecule has 4 nitrogen and oxygen atoms in total. The molecule has 3 rings (SSSR count). The zero-order chi connectivity index (χ0) is 13.9. The summed E-state index contributed by atoms with van der Waals surface area (Å²) in [6.45, 7) is 0. The van der Waals surface area contributed by atoms with Gasteiger partial charge in [0.1, 0.15) is 11.6 Å². The average molecular weight is 270 g/mol. The highest BCUT2D eigenvalue weighted by Crippen LogP contribution is 2.21. The molecule has 0 fully saturated rings. The number of nitrogens with one attached hydrogen (secondary N) is 1. The highest BCUT2D eigenvalue weighted by molar-refractivity contribution is 5.35. The van der Waals surface area contributed by atoms with E-state index in [0.29, 0.717) is 6.42 Å². The van der Waals surface area contributed by atoms with Gasteiger partial charge in [-0.3, -0.25) is 4.79 Å². The number of H-pyrrole nitrogens is 1. The Morgan fingerprint density at radius 3 is 2.90 bits per heavy atom. The van der Waals surface area contributed by atoms with Crippen molar-refractivity contribution in [2.75, 3.05) is 7.11 Å². The van der Waals surface area contributed by atoms with Crippen molar-refractivity contribution in [1.82, 2.24) is 9.97 Å². The lowest BCUT2D eigenvalue weighted by molar-refractivity contribution is 0.410. The van der Waals surface area contributed by atoms with Crippen LogP contribution in [0.3, 0.4) is 0 Å². The van der Waals surface area contributed by atoms with Crippen LogP contribution >= 0.6 is 0 Å². The minimum atomic E-state index is 0.0274. The van der Waals surface area contributed by atoms with Crippen molar-refractivity contribution < 1.29 is 4.74 Å². The summed E-state index contributed by atoms with van der Waals surface area (Å²) in [6, 6.07) is 7.82. The number of rotatable bonds is 3. The monoisotopic (exact) mass is 270 g/mol. The first kappa shape index (κ1) is 12.9. The maximum absolute atomic E-state index is 12.1. The Kier molecular flexibility index (Phi) is 3.54. The topological polar surface area (TPSA) is 55.0 Å². The van der Waals surface area contributed by atoms with Gasteiger partial charge in [0.05, 0.1) is 12.8 Å². The first-order chi connectivity index (χ1) is 9.78. The second kappa shape index (κ2) is 5.49. The Hall–Kier alpha value is -2.10. The lowest BCUT2D eigenvalue weighted by Crippen LogP contribution is -2.23. The van der Waals surface area contributed by atoms with Crippen molar-refractivity contribution in [1.29, 1.82) is 0 Å². The number of aromatic nitrogens is 2. The van der Waals surface area contributed by atoms with Gasteiger partial charge in [0.2, 0.25) is 0 Å². The summed E-state index contributed by atoms with van der Waals surface area (Å²) in [4.78, 5) is 19.6. The number of benzene rings is 1. The van der Waals surface area contributed by atoms with Crippen LogP contribution in [0.5, 0.6) is 5.75 Å². The van der Waals surface area contributed by atoms with Gasteiger partial charge in [0.25, 0.3) is 5.56 Å². The first-order valence-corrected chi connectivity index (χ1v) is 7.01. The fourth-order valence-corrected chi connectivity index (χ4v) is 2.77. The summed E-state index contributed by atoms with van der Waals surface area (Å²) in [7, 11) is 1.65. The van der Waals surface area contributed by atoms with Crippen LogP contribution in [0, 0.1) is 0 Å². The van der Waals surface area contributed by atoms with E-state index in [0.717, 1.165) is 54.1 Å². The Labute approximate surface area is 117 Å². The second-order valence-electron chi connectivity index (χ2n) is 5.13. The maximum atomic E-state index is 12.1. The molecule has 104 valence electrons. The van der Waals surface area contributed by atoms with Crippen LogP contribution in [0.15, 0.2) is 29.1 Å². The van der Waals surface area contributed by atoms with Crippen LogP contribution in [0.4, 0.5) is 0 Å². The third-order valence-corrected chi connectivity index (χ3v) is 3.79. The standard InChI is InChI=1S/C16H18N2O2/c1-20-14-9-5-2-6-11(14)10-15-17-13-8-4-3-7-12(13)16(19)18-15/h2,5-6,9H,3-4,7-8,10H2,1H3,(H,17,18,19). The van der Waals surface area contributed by atoms with Gasteiger partial charge in [-0.1, -0.05) is 18.2 Å². The molecule has 0 radical (unpaired) electrons. The quantitative estimate of drug-likeness (QED) is 0.930. The number of ether oxygens (including phenoxy) is 1. The van der Waals surface area contributed by atoms with Gasteiger partial charge in [0, 0.05) is 17.5 Å². The predicted octanol–water partition coefficient (Wildman–Crippen LogP) is 2.25. The number of hydrogen-bond donors (Lipinski definition) is 1. The van der Waals surface area contributed by atoms with Crippen molar-refractivity contribution in [3.05, 3.63) is 57.3 Å². The van der Waals surface area contributed by atoms with E-state index in [1.807, 2.05) is 24.3 Å². The molecule has 1 aromatic carbocycles. The molecule has 0 saturated carbocycles. The molecule has 20 heavy (non-hydrogen) atoms. The van der Waals surface area contributed by atoms with E-state index in [9.17, 15) is 4.79 Å². The van der Waals surface area contributed by atoms with Gasteiger partial charge >= 0.3 is 0 Å². The van der Waals surface area contributed by atoms with Crippen molar-refractivity contribution in [3.63, 3.8) is 0 Å². The summed E-state index contributed by atoms with van der Waals surface area (Å²) in [5.74, 6) is 1.55. The lowest BCUT2D eigenvalue weighted by Gasteiger charge is -2.15. The molecule has 0 amide bonds. The molecule has 1 heterocycles. The molecular formula is C16H18N2O2. The van der Waals surface area contributed by atoms with E-state index in [4.69, 9.17) is 4.74 Å². The summed E-state index contributed by atoms with van der Waals surface area (Å²) >= 11 is 0. The second-order valence-corrected chi connectivity index (χ2v) is 5.13. The normalized spacial score (nSPS) is 13.8. The summed E-state index contributed by atoms with van der Waals surface area (Å²) in [6.07, 6.45) is 4.57. The van der Waals surface area contributed by atoms with Crippen LogP contribution in [0.2, 0.25) is 0 Å². The molecule has 2 aromatic rings. The molecule has 1 N–H and O–H groups in total. The number of fused-ring (bicyclic) bond motifs is 1. The first-order valence-electron chi connectivity index (χ1n) is 7.01. The van der Waals surface area contributed by atoms with Crippen molar-refractivity contribution in [2.24, 2.45) is 0 Å². The molecule has 0 aliphatic heterocycles. The lowest BCUT2D eigenvalue weighted by atomic mass is 9.97.